The predicted octanol–water partition coefficient (Wildman–Crippen LogP) is 1.14. The van der Waals surface area contributed by atoms with E-state index in [-0.39, 0.29) is 0 Å². The fraction of sp³-hybridized carbons (Fsp3) is 1.00. The first-order chi connectivity index (χ1) is 7.65. The highest BCUT2D eigenvalue weighted by molar-refractivity contribution is 4.81. The molecule has 2 atom stereocenters. The van der Waals surface area contributed by atoms with E-state index in [1.165, 1.54) is 52.0 Å². The van der Waals surface area contributed by atoms with Crippen molar-refractivity contribution < 1.29 is 0 Å². The maximum absolute atomic E-state index is 5.92. The molecule has 2 aliphatic heterocycles. The van der Waals surface area contributed by atoms with E-state index < -0.39 is 0 Å². The van der Waals surface area contributed by atoms with Gasteiger partial charge >= 0.3 is 0 Å². The lowest BCUT2D eigenvalue weighted by molar-refractivity contribution is 0.169. The van der Waals surface area contributed by atoms with Crippen LogP contribution in [0.5, 0.6) is 0 Å². The predicted molar refractivity (Wildman–Crippen MR) is 68.5 cm³/mol. The number of piperidine rings is 1. The van der Waals surface area contributed by atoms with Gasteiger partial charge in [0.15, 0.2) is 0 Å². The molecule has 2 unspecified atom stereocenters. The van der Waals surface area contributed by atoms with E-state index >= 15 is 0 Å². The molecule has 2 heterocycles. The van der Waals surface area contributed by atoms with E-state index in [0.29, 0.717) is 6.04 Å². The molecule has 0 aromatic rings. The van der Waals surface area contributed by atoms with Gasteiger partial charge in [0, 0.05) is 31.7 Å². The van der Waals surface area contributed by atoms with Gasteiger partial charge in [0.2, 0.25) is 0 Å². The van der Waals surface area contributed by atoms with E-state index in [4.69, 9.17) is 5.73 Å². The minimum Gasteiger partial charge on any atom is -0.328 e. The molecule has 2 rings (SSSR count). The van der Waals surface area contributed by atoms with Crippen molar-refractivity contribution in [3.05, 3.63) is 0 Å². The highest BCUT2D eigenvalue weighted by atomic mass is 15.2. The number of hydrogen-bond acceptors (Lipinski definition) is 3. The molecule has 2 fully saturated rings. The van der Waals surface area contributed by atoms with E-state index in [9.17, 15) is 0 Å². The Kier molecular flexibility index (Phi) is 4.22. The molecule has 3 nitrogen and oxygen atoms in total. The monoisotopic (exact) mass is 225 g/mol. The maximum atomic E-state index is 5.92. The summed E-state index contributed by atoms with van der Waals surface area (Å²) in [6.45, 7) is 10.9. The molecule has 0 amide bonds. The van der Waals surface area contributed by atoms with E-state index in [0.717, 1.165) is 12.0 Å². The van der Waals surface area contributed by atoms with E-state index in [1.54, 1.807) is 0 Å². The summed E-state index contributed by atoms with van der Waals surface area (Å²) in [6, 6.07) is 1.25. The van der Waals surface area contributed by atoms with E-state index in [1.807, 2.05) is 0 Å². The van der Waals surface area contributed by atoms with Crippen LogP contribution in [0.4, 0.5) is 0 Å². The fourth-order valence-electron chi connectivity index (χ4n) is 3.14. The van der Waals surface area contributed by atoms with Crippen molar-refractivity contribution in [1.82, 2.24) is 9.80 Å². The van der Waals surface area contributed by atoms with Crippen LogP contribution in [0.1, 0.15) is 33.1 Å². The highest BCUT2D eigenvalue weighted by Crippen LogP contribution is 2.21. The molecular formula is C13H27N3. The molecule has 2 saturated heterocycles. The molecule has 2 N–H and O–H groups in total. The zero-order valence-electron chi connectivity index (χ0n) is 10.9. The Balaban J connectivity index is 1.67. The van der Waals surface area contributed by atoms with Gasteiger partial charge in [0.25, 0.3) is 0 Å². The minimum atomic E-state index is 0.460. The summed E-state index contributed by atoms with van der Waals surface area (Å²) in [7, 11) is 0. The van der Waals surface area contributed by atoms with Crippen molar-refractivity contribution in [3.63, 3.8) is 0 Å². The smallest absolute Gasteiger partial charge is 0.0112 e. The number of nitrogens with two attached hydrogens (primary N) is 1. The summed E-state index contributed by atoms with van der Waals surface area (Å²) in [5, 5.41) is 0. The average Bonchev–Trinajstić information content (AvgIpc) is 2.57. The number of hydrogen-bond donors (Lipinski definition) is 1. The molecule has 94 valence electrons. The molecule has 0 aromatic carbocycles. The van der Waals surface area contributed by atoms with Crippen LogP contribution in [-0.4, -0.2) is 54.6 Å². The Bertz CT molecular complexity index is 211. The molecule has 0 aromatic heterocycles. The second-order valence-corrected chi connectivity index (χ2v) is 5.86. The van der Waals surface area contributed by atoms with Crippen LogP contribution in [0.15, 0.2) is 0 Å². The van der Waals surface area contributed by atoms with Crippen molar-refractivity contribution in [1.29, 1.82) is 0 Å². The maximum Gasteiger partial charge on any atom is 0.0112 e. The quantitative estimate of drug-likeness (QED) is 0.782. The van der Waals surface area contributed by atoms with Crippen LogP contribution in [-0.2, 0) is 0 Å². The van der Waals surface area contributed by atoms with Crippen LogP contribution in [0.2, 0.25) is 0 Å². The summed E-state index contributed by atoms with van der Waals surface area (Å²) in [6.07, 6.45) is 3.75. The topological polar surface area (TPSA) is 32.5 Å². The second-order valence-electron chi connectivity index (χ2n) is 5.86. The molecule has 0 radical (unpaired) electrons. The average molecular weight is 225 g/mol. The summed E-state index contributed by atoms with van der Waals surface area (Å²) in [5.74, 6) is 0.893. The largest absolute Gasteiger partial charge is 0.328 e. The SMILES string of the molecule is CC1CC(C)N(CCN2CCC(N)CC2)C1. The standard InChI is InChI=1S/C13H27N3/c1-11-9-12(2)16(10-11)8-7-15-5-3-13(14)4-6-15/h11-13H,3-10,14H2,1-2H3. The molecule has 0 saturated carbocycles. The first-order valence-electron chi connectivity index (χ1n) is 6.87. The zero-order chi connectivity index (χ0) is 11.5. The first-order valence-corrected chi connectivity index (χ1v) is 6.87. The summed E-state index contributed by atoms with van der Waals surface area (Å²) in [4.78, 5) is 5.23. The van der Waals surface area contributed by atoms with Gasteiger partial charge in [-0.15, -0.1) is 0 Å². The van der Waals surface area contributed by atoms with Gasteiger partial charge in [-0.25, -0.2) is 0 Å². The summed E-state index contributed by atoms with van der Waals surface area (Å²) < 4.78 is 0. The first kappa shape index (κ1) is 12.3. The molecule has 0 aliphatic carbocycles. The van der Waals surface area contributed by atoms with Gasteiger partial charge in [-0.1, -0.05) is 6.92 Å². The van der Waals surface area contributed by atoms with Crippen LogP contribution in [0.3, 0.4) is 0 Å². The minimum absolute atomic E-state index is 0.460. The normalized spacial score (nSPS) is 34.7. The number of rotatable bonds is 3. The Hall–Kier alpha value is -0.120. The van der Waals surface area contributed by atoms with Gasteiger partial charge in [-0.3, -0.25) is 4.90 Å². The lowest BCUT2D eigenvalue weighted by atomic mass is 10.1. The molecule has 0 spiro atoms. The zero-order valence-corrected chi connectivity index (χ0v) is 10.9. The molecule has 3 heteroatoms. The Morgan fingerprint density at radius 2 is 1.81 bits per heavy atom. The van der Waals surface area contributed by atoms with Crippen molar-refractivity contribution in [3.8, 4) is 0 Å². The highest BCUT2D eigenvalue weighted by Gasteiger charge is 2.26. The Labute approximate surface area is 100.0 Å². The van der Waals surface area contributed by atoms with Gasteiger partial charge in [-0.05, 0) is 45.2 Å². The molecule has 2 aliphatic rings. The van der Waals surface area contributed by atoms with Gasteiger partial charge in [-0.2, -0.15) is 0 Å². The van der Waals surface area contributed by atoms with Gasteiger partial charge in [0.1, 0.15) is 0 Å². The third-order valence-corrected chi connectivity index (χ3v) is 4.25. The van der Waals surface area contributed by atoms with Crippen molar-refractivity contribution in [2.24, 2.45) is 11.7 Å². The Morgan fingerprint density at radius 3 is 2.38 bits per heavy atom. The van der Waals surface area contributed by atoms with Crippen LogP contribution in [0, 0.1) is 5.92 Å². The van der Waals surface area contributed by atoms with Gasteiger partial charge < -0.3 is 10.6 Å². The third kappa shape index (κ3) is 3.19. The van der Waals surface area contributed by atoms with Crippen molar-refractivity contribution in [2.75, 3.05) is 32.7 Å². The molecular weight excluding hydrogens is 198 g/mol. The third-order valence-electron chi connectivity index (χ3n) is 4.25. The van der Waals surface area contributed by atoms with Crippen LogP contribution >= 0.6 is 0 Å². The molecule has 0 bridgehead atoms. The van der Waals surface area contributed by atoms with E-state index in [2.05, 4.69) is 23.6 Å². The number of nitrogens with zero attached hydrogens (tertiary/aromatic N) is 2. The summed E-state index contributed by atoms with van der Waals surface area (Å²) >= 11 is 0. The fourth-order valence-corrected chi connectivity index (χ4v) is 3.14. The van der Waals surface area contributed by atoms with Crippen LogP contribution < -0.4 is 5.73 Å². The van der Waals surface area contributed by atoms with Crippen LogP contribution in [0.25, 0.3) is 0 Å². The summed E-state index contributed by atoms with van der Waals surface area (Å²) in [5.41, 5.74) is 5.92. The van der Waals surface area contributed by atoms with Crippen molar-refractivity contribution in [2.45, 2.75) is 45.2 Å². The Morgan fingerprint density at radius 1 is 1.12 bits per heavy atom. The van der Waals surface area contributed by atoms with Gasteiger partial charge in [0.05, 0.1) is 0 Å². The molecule has 16 heavy (non-hydrogen) atoms. The lowest BCUT2D eigenvalue weighted by Crippen LogP contribution is -2.43. The second kappa shape index (κ2) is 5.48. The van der Waals surface area contributed by atoms with Crippen molar-refractivity contribution >= 4 is 0 Å². The number of likely N-dealkylation sites (tertiary alicyclic amines) is 2. The lowest BCUT2D eigenvalue weighted by Gasteiger charge is -2.32.